The first-order chi connectivity index (χ1) is 11.4. The molecule has 1 rings (SSSR count). The van der Waals surface area contributed by atoms with Crippen molar-refractivity contribution in [2.45, 2.75) is 50.3 Å². The van der Waals surface area contributed by atoms with Crippen LogP contribution in [0.15, 0.2) is 23.1 Å². The molecule has 0 aliphatic carbocycles. The van der Waals surface area contributed by atoms with E-state index in [2.05, 4.69) is 9.44 Å². The highest BCUT2D eigenvalue weighted by Gasteiger charge is 2.23. The zero-order valence-electron chi connectivity index (χ0n) is 14.8. The van der Waals surface area contributed by atoms with Crippen LogP contribution in [-0.2, 0) is 20.0 Å². The molecule has 0 saturated heterocycles. The lowest BCUT2D eigenvalue weighted by atomic mass is 10.1. The topological polar surface area (TPSA) is 118 Å². The molecule has 0 fully saturated rings. The molecule has 1 aromatic rings. The molecule has 1 atom stereocenters. The van der Waals surface area contributed by atoms with Gasteiger partial charge in [0.2, 0.25) is 20.0 Å². The van der Waals surface area contributed by atoms with Gasteiger partial charge in [0.1, 0.15) is 5.82 Å². The van der Waals surface area contributed by atoms with Crippen LogP contribution in [0.4, 0.5) is 10.1 Å². The number of nitrogens with two attached hydrogens (primary N) is 1. The van der Waals surface area contributed by atoms with Crippen molar-refractivity contribution in [2.24, 2.45) is 11.7 Å². The van der Waals surface area contributed by atoms with E-state index in [4.69, 9.17) is 5.73 Å². The Labute approximate surface area is 149 Å². The summed E-state index contributed by atoms with van der Waals surface area (Å²) >= 11 is 0. The van der Waals surface area contributed by atoms with E-state index in [1.165, 1.54) is 13.8 Å². The predicted molar refractivity (Wildman–Crippen MR) is 96.7 cm³/mol. The average Bonchev–Trinajstić information content (AvgIpc) is 2.47. The molecule has 0 radical (unpaired) electrons. The largest absolute Gasteiger partial charge is 0.329 e. The minimum absolute atomic E-state index is 0.117. The van der Waals surface area contributed by atoms with Gasteiger partial charge in [0.15, 0.2) is 0 Å². The monoisotopic (exact) mass is 395 g/mol. The highest BCUT2D eigenvalue weighted by atomic mass is 32.2. The summed E-state index contributed by atoms with van der Waals surface area (Å²) in [6.07, 6.45) is 0.546. The third kappa shape index (κ3) is 6.21. The maximum Gasteiger partial charge on any atom is 0.240 e. The Morgan fingerprint density at radius 1 is 1.12 bits per heavy atom. The molecular weight excluding hydrogens is 369 g/mol. The Morgan fingerprint density at radius 3 is 2.16 bits per heavy atom. The Balaban J connectivity index is 3.05. The van der Waals surface area contributed by atoms with Gasteiger partial charge in [-0.15, -0.1) is 0 Å². The number of anilines is 1. The third-order valence-electron chi connectivity index (χ3n) is 3.49. The van der Waals surface area contributed by atoms with Gasteiger partial charge in [-0.25, -0.2) is 25.9 Å². The summed E-state index contributed by atoms with van der Waals surface area (Å²) in [7, 11) is -7.69. The Kier molecular flexibility index (Phi) is 7.36. The molecule has 1 aromatic carbocycles. The Morgan fingerprint density at radius 2 is 1.72 bits per heavy atom. The van der Waals surface area contributed by atoms with E-state index in [0.29, 0.717) is 6.42 Å². The van der Waals surface area contributed by atoms with Gasteiger partial charge in [-0.1, -0.05) is 13.8 Å². The van der Waals surface area contributed by atoms with Crippen molar-refractivity contribution >= 4 is 25.7 Å². The van der Waals surface area contributed by atoms with Crippen LogP contribution in [0.25, 0.3) is 0 Å². The van der Waals surface area contributed by atoms with Gasteiger partial charge < -0.3 is 5.73 Å². The van der Waals surface area contributed by atoms with Crippen LogP contribution in [0.3, 0.4) is 0 Å². The minimum Gasteiger partial charge on any atom is -0.329 e. The quantitative estimate of drug-likeness (QED) is 0.587. The van der Waals surface area contributed by atoms with Crippen molar-refractivity contribution in [3.63, 3.8) is 0 Å². The average molecular weight is 396 g/mol. The minimum atomic E-state index is -3.96. The first-order valence-electron chi connectivity index (χ1n) is 7.92. The van der Waals surface area contributed by atoms with Crippen LogP contribution >= 0.6 is 0 Å². The molecule has 0 heterocycles. The van der Waals surface area contributed by atoms with Gasteiger partial charge in [-0.2, -0.15) is 0 Å². The maximum absolute atomic E-state index is 14.2. The molecule has 1 unspecified atom stereocenters. The zero-order chi connectivity index (χ0) is 19.4. The van der Waals surface area contributed by atoms with Gasteiger partial charge in [-0.05, 0) is 44.4 Å². The van der Waals surface area contributed by atoms with Crippen molar-refractivity contribution in [1.82, 2.24) is 4.72 Å². The van der Waals surface area contributed by atoms with Crippen molar-refractivity contribution in [1.29, 1.82) is 0 Å². The molecule has 0 bridgehead atoms. The highest BCUT2D eigenvalue weighted by molar-refractivity contribution is 7.93. The molecular formula is C15H26FN3O4S2. The van der Waals surface area contributed by atoms with Crippen LogP contribution in [0, 0.1) is 11.7 Å². The van der Waals surface area contributed by atoms with E-state index in [1.807, 2.05) is 13.8 Å². The fourth-order valence-corrected chi connectivity index (χ4v) is 4.05. The van der Waals surface area contributed by atoms with Crippen molar-refractivity contribution in [3.05, 3.63) is 24.0 Å². The van der Waals surface area contributed by atoms with Gasteiger partial charge in [0.05, 0.1) is 15.8 Å². The fourth-order valence-electron chi connectivity index (χ4n) is 2.07. The normalized spacial score (nSPS) is 14.1. The predicted octanol–water partition coefficient (Wildman–Crippen LogP) is 1.63. The number of sulfonamides is 2. The smallest absolute Gasteiger partial charge is 0.240 e. The molecule has 0 amide bonds. The van der Waals surface area contributed by atoms with Gasteiger partial charge in [0.25, 0.3) is 0 Å². The van der Waals surface area contributed by atoms with E-state index in [9.17, 15) is 21.2 Å². The molecule has 144 valence electrons. The first kappa shape index (κ1) is 21.8. The van der Waals surface area contributed by atoms with E-state index in [-0.39, 0.29) is 23.0 Å². The Hall–Kier alpha value is -1.23. The summed E-state index contributed by atoms with van der Waals surface area (Å²) in [5.41, 5.74) is 5.28. The van der Waals surface area contributed by atoms with Crippen LogP contribution in [0.2, 0.25) is 0 Å². The second-order valence-corrected chi connectivity index (χ2v) is 10.5. The van der Waals surface area contributed by atoms with E-state index in [0.717, 1.165) is 18.2 Å². The third-order valence-corrected chi connectivity index (χ3v) is 6.75. The molecule has 0 aliphatic rings. The van der Waals surface area contributed by atoms with Gasteiger partial charge >= 0.3 is 0 Å². The molecule has 25 heavy (non-hydrogen) atoms. The summed E-state index contributed by atoms with van der Waals surface area (Å²) in [6, 6.07) is 2.55. The number of hydrogen-bond acceptors (Lipinski definition) is 5. The summed E-state index contributed by atoms with van der Waals surface area (Å²) in [6.45, 7) is 6.89. The lowest BCUT2D eigenvalue weighted by Gasteiger charge is -2.19. The SMILES string of the molecule is CC(C)CC(CN)NS(=O)(=O)c1ccc(NS(=O)(=O)C(C)C)c(F)c1. The number of hydrogen-bond donors (Lipinski definition) is 3. The maximum atomic E-state index is 14.2. The molecule has 0 spiro atoms. The molecule has 0 aliphatic heterocycles. The molecule has 0 saturated carbocycles. The second kappa shape index (κ2) is 8.43. The zero-order valence-corrected chi connectivity index (χ0v) is 16.4. The number of nitrogens with one attached hydrogen (secondary N) is 2. The van der Waals surface area contributed by atoms with E-state index >= 15 is 0 Å². The summed E-state index contributed by atoms with van der Waals surface area (Å²) < 4.78 is 67.0. The van der Waals surface area contributed by atoms with Crippen LogP contribution in [-0.4, -0.2) is 34.7 Å². The molecule has 4 N–H and O–H groups in total. The molecule has 10 heteroatoms. The van der Waals surface area contributed by atoms with E-state index in [1.54, 1.807) is 0 Å². The first-order valence-corrected chi connectivity index (χ1v) is 11.0. The molecule has 0 aromatic heterocycles. The standard InChI is InChI=1S/C15H26FN3O4S2/c1-10(2)7-12(9-17)18-25(22,23)13-5-6-15(14(16)8-13)19-24(20,21)11(3)4/h5-6,8,10-12,18-19H,7,9,17H2,1-4H3. The van der Waals surface area contributed by atoms with Crippen molar-refractivity contribution in [3.8, 4) is 0 Å². The summed E-state index contributed by atoms with van der Waals surface area (Å²) in [4.78, 5) is -0.292. The van der Waals surface area contributed by atoms with Crippen molar-refractivity contribution < 1.29 is 21.2 Å². The second-order valence-electron chi connectivity index (χ2n) is 6.52. The summed E-state index contributed by atoms with van der Waals surface area (Å²) in [5.74, 6) is -0.735. The highest BCUT2D eigenvalue weighted by Crippen LogP contribution is 2.21. The van der Waals surface area contributed by atoms with E-state index < -0.39 is 37.2 Å². The van der Waals surface area contributed by atoms with Crippen LogP contribution < -0.4 is 15.2 Å². The lowest BCUT2D eigenvalue weighted by Crippen LogP contribution is -2.41. The number of rotatable bonds is 9. The number of benzene rings is 1. The van der Waals surface area contributed by atoms with Gasteiger partial charge in [0, 0.05) is 12.6 Å². The van der Waals surface area contributed by atoms with Crippen molar-refractivity contribution in [2.75, 3.05) is 11.3 Å². The molecule has 7 nitrogen and oxygen atoms in total. The number of halogens is 1. The van der Waals surface area contributed by atoms with Crippen LogP contribution in [0.1, 0.15) is 34.1 Å². The lowest BCUT2D eigenvalue weighted by molar-refractivity contribution is 0.465. The van der Waals surface area contributed by atoms with Crippen LogP contribution in [0.5, 0.6) is 0 Å². The summed E-state index contributed by atoms with van der Waals surface area (Å²) in [5, 5.41) is -0.752. The fraction of sp³-hybridized carbons (Fsp3) is 0.600. The Bertz CT molecular complexity index is 793. The van der Waals surface area contributed by atoms with Gasteiger partial charge in [-0.3, -0.25) is 4.72 Å².